The molecule has 3 rings (SSSR count). The minimum Gasteiger partial charge on any atom is -0.378 e. The quantitative estimate of drug-likeness (QED) is 0.445. The molecule has 2 N–H and O–H groups in total. The molecule has 0 aromatic carbocycles. The smallest absolute Gasteiger partial charge is 0.191 e. The zero-order valence-corrected chi connectivity index (χ0v) is 15.7. The average Bonchev–Trinajstić information content (AvgIpc) is 2.36. The third-order valence-electron chi connectivity index (χ3n) is 5.79. The van der Waals surface area contributed by atoms with E-state index in [0.29, 0.717) is 17.6 Å². The highest BCUT2D eigenvalue weighted by Crippen LogP contribution is 2.58. The van der Waals surface area contributed by atoms with Gasteiger partial charge in [0.2, 0.25) is 0 Å². The Morgan fingerprint density at radius 1 is 1.33 bits per heavy atom. The van der Waals surface area contributed by atoms with Gasteiger partial charge in [0.1, 0.15) is 0 Å². The van der Waals surface area contributed by atoms with Crippen LogP contribution in [-0.2, 0) is 4.74 Å². The number of aliphatic imine (C=N–C) groups is 1. The maximum Gasteiger partial charge on any atom is 0.191 e. The number of nitrogens with two attached hydrogens (primary N) is 1. The van der Waals surface area contributed by atoms with E-state index in [9.17, 15) is 0 Å². The minimum absolute atomic E-state index is 0. The number of piperidine rings is 1. The van der Waals surface area contributed by atoms with Crippen molar-refractivity contribution >= 4 is 29.9 Å². The molecule has 0 bridgehead atoms. The van der Waals surface area contributed by atoms with Gasteiger partial charge in [0, 0.05) is 25.1 Å². The van der Waals surface area contributed by atoms with Gasteiger partial charge in [0.05, 0.1) is 12.1 Å². The summed E-state index contributed by atoms with van der Waals surface area (Å²) < 4.78 is 5.88. The number of hydrogen-bond acceptors (Lipinski definition) is 2. The fourth-order valence-electron chi connectivity index (χ4n) is 4.06. The molecule has 3 fully saturated rings. The molecule has 2 atom stereocenters. The zero-order chi connectivity index (χ0) is 14.2. The van der Waals surface area contributed by atoms with Crippen molar-refractivity contribution in [2.24, 2.45) is 22.1 Å². The summed E-state index contributed by atoms with van der Waals surface area (Å²) in [5.41, 5.74) is 6.60. The van der Waals surface area contributed by atoms with E-state index in [1.807, 2.05) is 0 Å². The van der Waals surface area contributed by atoms with E-state index in [2.05, 4.69) is 18.7 Å². The van der Waals surface area contributed by atoms with Crippen LogP contribution in [0.4, 0.5) is 0 Å². The van der Waals surface area contributed by atoms with Crippen LogP contribution in [0.15, 0.2) is 4.99 Å². The van der Waals surface area contributed by atoms with Crippen LogP contribution in [0.1, 0.15) is 52.4 Å². The first kappa shape index (κ1) is 17.3. The van der Waals surface area contributed by atoms with Crippen molar-refractivity contribution in [2.45, 2.75) is 64.5 Å². The Morgan fingerprint density at radius 2 is 2.00 bits per heavy atom. The first-order chi connectivity index (χ1) is 9.65. The van der Waals surface area contributed by atoms with Crippen LogP contribution in [0.25, 0.3) is 0 Å². The standard InChI is InChI=1S/C16H29N3O.HI/c1-3-20-14-11-13(16(14)7-4-8-16)18-15(17)19-9-5-12(2)6-10-19;/h12-14H,3-11H2,1-2H3,(H2,17,18);1H. The van der Waals surface area contributed by atoms with Crippen molar-refractivity contribution in [3.63, 3.8) is 0 Å². The van der Waals surface area contributed by atoms with Gasteiger partial charge in [-0.2, -0.15) is 0 Å². The van der Waals surface area contributed by atoms with Crippen molar-refractivity contribution in [2.75, 3.05) is 19.7 Å². The van der Waals surface area contributed by atoms with Gasteiger partial charge in [-0.25, -0.2) is 4.99 Å². The van der Waals surface area contributed by atoms with E-state index in [-0.39, 0.29) is 24.0 Å². The lowest BCUT2D eigenvalue weighted by Crippen LogP contribution is -2.62. The van der Waals surface area contributed by atoms with E-state index < -0.39 is 0 Å². The number of halogens is 1. The van der Waals surface area contributed by atoms with Crippen molar-refractivity contribution in [1.82, 2.24) is 4.90 Å². The molecule has 5 heteroatoms. The predicted octanol–water partition coefficient (Wildman–Crippen LogP) is 3.00. The SMILES string of the molecule is CCOC1CC(N=C(N)N2CCC(C)CC2)C12CCC2.I. The topological polar surface area (TPSA) is 50.9 Å². The molecule has 0 aromatic heterocycles. The van der Waals surface area contributed by atoms with Crippen molar-refractivity contribution < 1.29 is 4.74 Å². The molecule has 1 aliphatic heterocycles. The molecule has 2 aliphatic carbocycles. The second kappa shape index (κ2) is 7.02. The van der Waals surface area contributed by atoms with Crippen molar-refractivity contribution in [3.8, 4) is 0 Å². The second-order valence-corrected chi connectivity index (χ2v) is 6.94. The fourth-order valence-corrected chi connectivity index (χ4v) is 4.06. The Bertz CT molecular complexity index is 376. The molecule has 4 nitrogen and oxygen atoms in total. The summed E-state index contributed by atoms with van der Waals surface area (Å²) in [4.78, 5) is 7.16. The van der Waals surface area contributed by atoms with E-state index in [1.54, 1.807) is 0 Å². The van der Waals surface area contributed by atoms with Crippen LogP contribution in [0.2, 0.25) is 0 Å². The van der Waals surface area contributed by atoms with Gasteiger partial charge in [-0.05, 0) is 44.9 Å². The van der Waals surface area contributed by atoms with Crippen LogP contribution in [-0.4, -0.2) is 42.7 Å². The Labute approximate surface area is 145 Å². The maximum atomic E-state index is 6.26. The Hall–Kier alpha value is -0.0400. The number of guanidine groups is 1. The highest BCUT2D eigenvalue weighted by Gasteiger charge is 2.59. The molecule has 1 heterocycles. The van der Waals surface area contributed by atoms with E-state index in [0.717, 1.165) is 38.0 Å². The highest BCUT2D eigenvalue weighted by atomic mass is 127. The number of hydrogen-bond donors (Lipinski definition) is 1. The molecular formula is C16H30IN3O. The van der Waals surface area contributed by atoms with Gasteiger partial charge in [-0.15, -0.1) is 24.0 Å². The molecule has 2 saturated carbocycles. The van der Waals surface area contributed by atoms with Crippen LogP contribution in [0.5, 0.6) is 0 Å². The van der Waals surface area contributed by atoms with Crippen molar-refractivity contribution in [3.05, 3.63) is 0 Å². The minimum atomic E-state index is 0. The summed E-state index contributed by atoms with van der Waals surface area (Å²) in [5, 5.41) is 0. The summed E-state index contributed by atoms with van der Waals surface area (Å²) in [6.45, 7) is 7.39. The van der Waals surface area contributed by atoms with Crippen molar-refractivity contribution in [1.29, 1.82) is 0 Å². The molecular weight excluding hydrogens is 377 g/mol. The van der Waals surface area contributed by atoms with Crippen LogP contribution in [0, 0.1) is 11.3 Å². The summed E-state index contributed by atoms with van der Waals surface area (Å²) in [6, 6.07) is 0.409. The number of rotatable bonds is 3. The predicted molar refractivity (Wildman–Crippen MR) is 97.1 cm³/mol. The summed E-state index contributed by atoms with van der Waals surface area (Å²) in [7, 11) is 0. The molecule has 21 heavy (non-hydrogen) atoms. The Kier molecular flexibility index (Phi) is 5.79. The number of likely N-dealkylation sites (tertiary alicyclic amines) is 1. The third-order valence-corrected chi connectivity index (χ3v) is 5.79. The molecule has 0 amide bonds. The summed E-state index contributed by atoms with van der Waals surface area (Å²) >= 11 is 0. The lowest BCUT2D eigenvalue weighted by molar-refractivity contribution is -0.162. The Morgan fingerprint density at radius 3 is 2.52 bits per heavy atom. The van der Waals surface area contributed by atoms with Crippen LogP contribution >= 0.6 is 24.0 Å². The molecule has 1 saturated heterocycles. The summed E-state index contributed by atoms with van der Waals surface area (Å²) in [6.07, 6.45) is 7.87. The fraction of sp³-hybridized carbons (Fsp3) is 0.938. The highest BCUT2D eigenvalue weighted by molar-refractivity contribution is 14.0. The zero-order valence-electron chi connectivity index (χ0n) is 13.4. The molecule has 3 aliphatic rings. The third kappa shape index (κ3) is 3.19. The average molecular weight is 407 g/mol. The van der Waals surface area contributed by atoms with Gasteiger partial charge in [-0.3, -0.25) is 0 Å². The van der Waals surface area contributed by atoms with Gasteiger partial charge in [0.15, 0.2) is 5.96 Å². The van der Waals surface area contributed by atoms with Crippen LogP contribution in [0.3, 0.4) is 0 Å². The molecule has 0 radical (unpaired) electrons. The maximum absolute atomic E-state index is 6.26. The van der Waals surface area contributed by atoms with E-state index in [1.165, 1.54) is 32.1 Å². The largest absolute Gasteiger partial charge is 0.378 e. The summed E-state index contributed by atoms with van der Waals surface area (Å²) in [5.74, 6) is 1.62. The van der Waals surface area contributed by atoms with Gasteiger partial charge in [0.25, 0.3) is 0 Å². The van der Waals surface area contributed by atoms with Gasteiger partial charge in [-0.1, -0.05) is 13.3 Å². The first-order valence-corrected chi connectivity index (χ1v) is 8.35. The van der Waals surface area contributed by atoms with E-state index in [4.69, 9.17) is 15.5 Å². The molecule has 0 aromatic rings. The first-order valence-electron chi connectivity index (χ1n) is 8.35. The number of ether oxygens (including phenoxy) is 1. The van der Waals surface area contributed by atoms with Gasteiger partial charge >= 0.3 is 0 Å². The van der Waals surface area contributed by atoms with Gasteiger partial charge < -0.3 is 15.4 Å². The molecule has 2 unspecified atom stereocenters. The second-order valence-electron chi connectivity index (χ2n) is 6.94. The molecule has 1 spiro atoms. The number of nitrogens with zero attached hydrogens (tertiary/aromatic N) is 2. The van der Waals surface area contributed by atoms with E-state index >= 15 is 0 Å². The lowest BCUT2D eigenvalue weighted by Gasteiger charge is -2.59. The monoisotopic (exact) mass is 407 g/mol. The van der Waals surface area contributed by atoms with Crippen LogP contribution < -0.4 is 5.73 Å². The molecule has 122 valence electrons. The lowest BCUT2D eigenvalue weighted by atomic mass is 9.51. The normalized spacial score (nSPS) is 32.3. The Balaban J connectivity index is 0.00000161.